The van der Waals surface area contributed by atoms with E-state index in [1.807, 2.05) is 0 Å². The van der Waals surface area contributed by atoms with Gasteiger partial charge in [0, 0.05) is 32.2 Å². The maximum absolute atomic E-state index is 12.9. The Kier molecular flexibility index (Phi) is 5.84. The second kappa shape index (κ2) is 7.20. The molecule has 0 saturated carbocycles. The third-order valence-electron chi connectivity index (χ3n) is 4.81. The molecule has 0 aromatic carbocycles. The summed E-state index contributed by atoms with van der Waals surface area (Å²) in [6.07, 6.45) is 7.26. The summed E-state index contributed by atoms with van der Waals surface area (Å²) in [5, 5.41) is 0. The van der Waals surface area contributed by atoms with E-state index in [2.05, 4.69) is 6.92 Å². The molecule has 0 radical (unpaired) electrons. The van der Waals surface area contributed by atoms with E-state index in [1.54, 1.807) is 8.61 Å². The molecule has 2 rings (SSSR count). The first-order chi connectivity index (χ1) is 9.59. The summed E-state index contributed by atoms with van der Waals surface area (Å²) >= 11 is 0. The average Bonchev–Trinajstić information content (AvgIpc) is 2.76. The van der Waals surface area contributed by atoms with E-state index < -0.39 is 10.2 Å². The maximum Gasteiger partial charge on any atom is 0.282 e. The Morgan fingerprint density at radius 3 is 2.30 bits per heavy atom. The van der Waals surface area contributed by atoms with Crippen molar-refractivity contribution in [1.82, 2.24) is 8.61 Å². The zero-order valence-corrected chi connectivity index (χ0v) is 13.4. The summed E-state index contributed by atoms with van der Waals surface area (Å²) in [6.45, 7) is 4.60. The van der Waals surface area contributed by atoms with Crippen molar-refractivity contribution in [2.24, 2.45) is 11.7 Å². The van der Waals surface area contributed by atoms with Gasteiger partial charge in [0.05, 0.1) is 0 Å². The lowest BCUT2D eigenvalue weighted by Crippen LogP contribution is -2.54. The number of rotatable bonds is 4. The Morgan fingerprint density at radius 2 is 1.75 bits per heavy atom. The molecule has 118 valence electrons. The van der Waals surface area contributed by atoms with Crippen molar-refractivity contribution >= 4 is 10.2 Å². The molecule has 0 bridgehead atoms. The molecule has 2 atom stereocenters. The van der Waals surface area contributed by atoms with E-state index in [-0.39, 0.29) is 6.04 Å². The van der Waals surface area contributed by atoms with Gasteiger partial charge in [-0.25, -0.2) is 0 Å². The quantitative estimate of drug-likeness (QED) is 0.857. The van der Waals surface area contributed by atoms with Crippen molar-refractivity contribution < 1.29 is 8.42 Å². The predicted octanol–water partition coefficient (Wildman–Crippen LogP) is 1.56. The minimum absolute atomic E-state index is 0.0121. The normalized spacial score (nSPS) is 31.1. The van der Waals surface area contributed by atoms with Crippen LogP contribution in [0.4, 0.5) is 0 Å². The molecule has 2 aliphatic rings. The first-order valence-electron chi connectivity index (χ1n) is 8.06. The van der Waals surface area contributed by atoms with Gasteiger partial charge < -0.3 is 5.73 Å². The molecule has 0 aliphatic carbocycles. The van der Waals surface area contributed by atoms with Crippen LogP contribution in [0.1, 0.15) is 51.9 Å². The molecular weight excluding hydrogens is 274 g/mol. The number of nitrogens with zero attached hydrogens (tertiary/aromatic N) is 2. The van der Waals surface area contributed by atoms with Crippen LogP contribution in [0.5, 0.6) is 0 Å². The van der Waals surface area contributed by atoms with Gasteiger partial charge in [-0.05, 0) is 31.6 Å². The largest absolute Gasteiger partial charge is 0.329 e. The topological polar surface area (TPSA) is 66.6 Å². The van der Waals surface area contributed by atoms with Gasteiger partial charge in [-0.15, -0.1) is 0 Å². The molecule has 2 unspecified atom stereocenters. The van der Waals surface area contributed by atoms with Crippen LogP contribution in [0, 0.1) is 5.92 Å². The highest BCUT2D eigenvalue weighted by Crippen LogP contribution is 2.29. The van der Waals surface area contributed by atoms with E-state index in [4.69, 9.17) is 5.73 Å². The number of piperidine rings is 1. The van der Waals surface area contributed by atoms with Crippen LogP contribution < -0.4 is 5.73 Å². The fraction of sp³-hybridized carbons (Fsp3) is 1.00. The van der Waals surface area contributed by atoms with Crippen molar-refractivity contribution in [1.29, 1.82) is 0 Å². The zero-order valence-electron chi connectivity index (χ0n) is 12.6. The third kappa shape index (κ3) is 3.53. The van der Waals surface area contributed by atoms with Gasteiger partial charge in [0.2, 0.25) is 0 Å². The van der Waals surface area contributed by atoms with Crippen LogP contribution in [-0.2, 0) is 10.2 Å². The summed E-state index contributed by atoms with van der Waals surface area (Å²) in [5.74, 6) is 0.624. The van der Waals surface area contributed by atoms with Crippen LogP contribution in [-0.4, -0.2) is 49.2 Å². The third-order valence-corrected chi connectivity index (χ3v) is 6.90. The smallest absolute Gasteiger partial charge is 0.282 e. The highest BCUT2D eigenvalue weighted by atomic mass is 32.2. The van der Waals surface area contributed by atoms with Gasteiger partial charge in [-0.1, -0.05) is 26.2 Å². The molecule has 5 nitrogen and oxygen atoms in total. The van der Waals surface area contributed by atoms with Gasteiger partial charge in [-0.3, -0.25) is 0 Å². The Bertz CT molecular complexity index is 391. The molecule has 2 heterocycles. The standard InChI is InChI=1S/C14H29N3O2S/c1-2-13-7-10-17(14(11-13)12-15)20(18,19)16-8-5-3-4-6-9-16/h13-14H,2-12,15H2,1H3. The lowest BCUT2D eigenvalue weighted by Gasteiger charge is -2.40. The van der Waals surface area contributed by atoms with Crippen molar-refractivity contribution in [3.8, 4) is 0 Å². The molecule has 6 heteroatoms. The van der Waals surface area contributed by atoms with Crippen LogP contribution >= 0.6 is 0 Å². The van der Waals surface area contributed by atoms with E-state index in [0.717, 1.165) is 44.9 Å². The predicted molar refractivity (Wildman–Crippen MR) is 81.5 cm³/mol. The molecule has 0 aromatic rings. The lowest BCUT2D eigenvalue weighted by atomic mass is 9.90. The van der Waals surface area contributed by atoms with Crippen LogP contribution in [0.25, 0.3) is 0 Å². The maximum atomic E-state index is 12.9. The Balaban J connectivity index is 2.10. The fourth-order valence-corrected chi connectivity index (χ4v) is 5.32. The highest BCUT2D eigenvalue weighted by Gasteiger charge is 2.38. The summed E-state index contributed by atoms with van der Waals surface area (Å²) in [6, 6.07) is -0.0121. The minimum atomic E-state index is -3.31. The second-order valence-corrected chi connectivity index (χ2v) is 8.00. The van der Waals surface area contributed by atoms with Crippen molar-refractivity contribution in [3.05, 3.63) is 0 Å². The van der Waals surface area contributed by atoms with Crippen LogP contribution in [0.3, 0.4) is 0 Å². The van der Waals surface area contributed by atoms with Crippen LogP contribution in [0.2, 0.25) is 0 Å². The SMILES string of the molecule is CCC1CCN(S(=O)(=O)N2CCCCCC2)C(CN)C1. The molecule has 2 saturated heterocycles. The molecule has 2 aliphatic heterocycles. The van der Waals surface area contributed by atoms with Gasteiger partial charge >= 0.3 is 0 Å². The van der Waals surface area contributed by atoms with Gasteiger partial charge in [0.25, 0.3) is 10.2 Å². The highest BCUT2D eigenvalue weighted by molar-refractivity contribution is 7.86. The van der Waals surface area contributed by atoms with Crippen LogP contribution in [0.15, 0.2) is 0 Å². The average molecular weight is 303 g/mol. The number of nitrogens with two attached hydrogens (primary N) is 1. The minimum Gasteiger partial charge on any atom is -0.329 e. The zero-order chi connectivity index (χ0) is 14.6. The summed E-state index contributed by atoms with van der Waals surface area (Å²) in [7, 11) is -3.31. The van der Waals surface area contributed by atoms with E-state index in [9.17, 15) is 8.42 Å². The monoisotopic (exact) mass is 303 g/mol. The van der Waals surface area contributed by atoms with Gasteiger partial charge in [0.15, 0.2) is 0 Å². The first kappa shape index (κ1) is 16.2. The molecule has 0 spiro atoms. The fourth-order valence-electron chi connectivity index (χ4n) is 3.42. The summed E-state index contributed by atoms with van der Waals surface area (Å²) in [4.78, 5) is 0. The molecule has 0 amide bonds. The Labute approximate surface area is 123 Å². The Hall–Kier alpha value is -0.170. The Morgan fingerprint density at radius 1 is 1.10 bits per heavy atom. The van der Waals surface area contributed by atoms with Gasteiger partial charge in [-0.2, -0.15) is 17.0 Å². The molecule has 20 heavy (non-hydrogen) atoms. The van der Waals surface area contributed by atoms with E-state index in [0.29, 0.717) is 32.1 Å². The van der Waals surface area contributed by atoms with E-state index >= 15 is 0 Å². The molecule has 0 aromatic heterocycles. The summed E-state index contributed by atoms with van der Waals surface area (Å²) in [5.41, 5.74) is 5.84. The van der Waals surface area contributed by atoms with E-state index in [1.165, 1.54) is 0 Å². The lowest BCUT2D eigenvalue weighted by molar-refractivity contribution is 0.185. The first-order valence-corrected chi connectivity index (χ1v) is 9.46. The van der Waals surface area contributed by atoms with Crippen molar-refractivity contribution in [3.63, 3.8) is 0 Å². The van der Waals surface area contributed by atoms with Gasteiger partial charge in [0.1, 0.15) is 0 Å². The number of hydrogen-bond donors (Lipinski definition) is 1. The molecule has 2 fully saturated rings. The second-order valence-electron chi connectivity index (χ2n) is 6.12. The number of hydrogen-bond acceptors (Lipinski definition) is 3. The molecular formula is C14H29N3O2S. The summed E-state index contributed by atoms with van der Waals surface area (Å²) < 4.78 is 29.1. The molecule has 2 N–H and O–H groups in total. The van der Waals surface area contributed by atoms with Crippen molar-refractivity contribution in [2.45, 2.75) is 57.9 Å². The van der Waals surface area contributed by atoms with Crippen molar-refractivity contribution in [2.75, 3.05) is 26.2 Å².